The molecule has 4 nitrogen and oxygen atoms in total. The highest BCUT2D eigenvalue weighted by molar-refractivity contribution is 6.04. The van der Waals surface area contributed by atoms with Gasteiger partial charge in [0.1, 0.15) is 0 Å². The number of nitrogens with one attached hydrogen (secondary N) is 1. The molecule has 4 heteroatoms. The van der Waals surface area contributed by atoms with Gasteiger partial charge in [-0.2, -0.15) is 0 Å². The van der Waals surface area contributed by atoms with Crippen molar-refractivity contribution in [1.82, 2.24) is 4.98 Å². The molecule has 0 bridgehead atoms. The van der Waals surface area contributed by atoms with Gasteiger partial charge in [-0.15, -0.1) is 0 Å². The molecule has 1 aromatic carbocycles. The van der Waals surface area contributed by atoms with Gasteiger partial charge in [0.2, 0.25) is 0 Å². The number of hydrogen-bond acceptors (Lipinski definition) is 3. The number of carbonyl (C=O) groups is 1. The van der Waals surface area contributed by atoms with Gasteiger partial charge in [0, 0.05) is 11.8 Å². The van der Waals surface area contributed by atoms with E-state index in [-0.39, 0.29) is 11.5 Å². The van der Waals surface area contributed by atoms with Crippen molar-refractivity contribution in [2.75, 3.05) is 11.9 Å². The first kappa shape index (κ1) is 19.5. The number of epoxide rings is 1. The quantitative estimate of drug-likeness (QED) is 0.662. The second-order valence-corrected chi connectivity index (χ2v) is 10.5. The molecule has 31 heavy (non-hydrogen) atoms. The van der Waals surface area contributed by atoms with Gasteiger partial charge in [0.15, 0.2) is 0 Å². The molecule has 1 saturated heterocycles. The van der Waals surface area contributed by atoms with Crippen LogP contribution in [0.4, 0.5) is 5.69 Å². The van der Waals surface area contributed by atoms with Crippen LogP contribution in [-0.4, -0.2) is 23.1 Å². The van der Waals surface area contributed by atoms with Gasteiger partial charge < -0.3 is 10.1 Å². The molecular weight excluding hydrogens is 384 g/mol. The van der Waals surface area contributed by atoms with Crippen molar-refractivity contribution in [3.63, 3.8) is 0 Å². The lowest BCUT2D eigenvalue weighted by atomic mass is 9.57. The van der Waals surface area contributed by atoms with Crippen molar-refractivity contribution in [3.8, 4) is 0 Å². The molecular formula is C27H32N2O2. The van der Waals surface area contributed by atoms with Crippen molar-refractivity contribution in [2.24, 2.45) is 11.8 Å². The summed E-state index contributed by atoms with van der Waals surface area (Å²) in [6.07, 6.45) is 13.2. The second kappa shape index (κ2) is 7.16. The zero-order chi connectivity index (χ0) is 21.1. The van der Waals surface area contributed by atoms with E-state index in [1.54, 1.807) is 11.8 Å². The van der Waals surface area contributed by atoms with Gasteiger partial charge in [-0.25, -0.2) is 0 Å². The molecule has 1 N–H and O–H groups in total. The predicted octanol–water partition coefficient (Wildman–Crippen LogP) is 5.59. The SMILES string of the molecule is Cc1ncccc1NC(=O)c1ccc2c(c1)CCC[C@H]1C[C@]3(CC[C@@]21CC1CC1)CO3. The Balaban J connectivity index is 1.33. The van der Waals surface area contributed by atoms with Gasteiger partial charge >= 0.3 is 0 Å². The maximum Gasteiger partial charge on any atom is 0.255 e. The highest BCUT2D eigenvalue weighted by Gasteiger charge is 2.57. The summed E-state index contributed by atoms with van der Waals surface area (Å²) in [7, 11) is 0. The van der Waals surface area contributed by atoms with Crippen molar-refractivity contribution < 1.29 is 9.53 Å². The molecule has 162 valence electrons. The fourth-order valence-electron chi connectivity index (χ4n) is 6.49. The zero-order valence-corrected chi connectivity index (χ0v) is 18.5. The number of amides is 1. The summed E-state index contributed by atoms with van der Waals surface area (Å²) in [5, 5.41) is 3.06. The number of nitrogens with zero attached hydrogens (tertiary/aromatic N) is 1. The lowest BCUT2D eigenvalue weighted by Gasteiger charge is -2.47. The van der Waals surface area contributed by atoms with E-state index < -0.39 is 0 Å². The lowest BCUT2D eigenvalue weighted by molar-refractivity contribution is 0.0893. The third kappa shape index (κ3) is 3.49. The Morgan fingerprint density at radius 2 is 2.10 bits per heavy atom. The monoisotopic (exact) mass is 416 g/mol. The summed E-state index contributed by atoms with van der Waals surface area (Å²) in [6, 6.07) is 10.3. The van der Waals surface area contributed by atoms with E-state index in [2.05, 4.69) is 28.5 Å². The molecule has 1 amide bonds. The van der Waals surface area contributed by atoms with E-state index in [9.17, 15) is 4.79 Å². The smallest absolute Gasteiger partial charge is 0.255 e. The number of carbonyl (C=O) groups excluding carboxylic acids is 1. The van der Waals surface area contributed by atoms with E-state index in [1.807, 2.05) is 19.1 Å². The van der Waals surface area contributed by atoms with Gasteiger partial charge in [-0.3, -0.25) is 9.78 Å². The van der Waals surface area contributed by atoms with Gasteiger partial charge in [0.05, 0.1) is 23.6 Å². The van der Waals surface area contributed by atoms with Crippen LogP contribution in [-0.2, 0) is 16.6 Å². The van der Waals surface area contributed by atoms with Crippen LogP contribution >= 0.6 is 0 Å². The summed E-state index contributed by atoms with van der Waals surface area (Å²) in [5.41, 5.74) is 5.85. The van der Waals surface area contributed by atoms with Crippen LogP contribution in [0.25, 0.3) is 0 Å². The first-order chi connectivity index (χ1) is 15.1. The molecule has 1 aromatic heterocycles. The fraction of sp³-hybridized carbons (Fsp3) is 0.556. The van der Waals surface area contributed by atoms with Crippen LogP contribution in [0.1, 0.15) is 78.5 Å². The minimum Gasteiger partial charge on any atom is -0.370 e. The molecule has 3 fully saturated rings. The number of ether oxygens (including phenoxy) is 1. The summed E-state index contributed by atoms with van der Waals surface area (Å²) in [5.74, 6) is 1.59. The van der Waals surface area contributed by atoms with Crippen LogP contribution in [0.15, 0.2) is 36.5 Å². The van der Waals surface area contributed by atoms with E-state index in [0.29, 0.717) is 5.41 Å². The summed E-state index contributed by atoms with van der Waals surface area (Å²) in [6.45, 7) is 2.90. The van der Waals surface area contributed by atoms with E-state index in [4.69, 9.17) is 4.74 Å². The number of aromatic nitrogens is 1. The van der Waals surface area contributed by atoms with Crippen molar-refractivity contribution in [3.05, 3.63) is 58.9 Å². The topological polar surface area (TPSA) is 54.5 Å². The fourth-order valence-corrected chi connectivity index (χ4v) is 6.49. The van der Waals surface area contributed by atoms with Crippen LogP contribution in [0, 0.1) is 18.8 Å². The Labute approximate surface area is 184 Å². The van der Waals surface area contributed by atoms with Crippen LogP contribution in [0.3, 0.4) is 0 Å². The average molecular weight is 417 g/mol. The van der Waals surface area contributed by atoms with E-state index in [1.165, 1.54) is 56.9 Å². The molecule has 3 aliphatic carbocycles. The Kier molecular flexibility index (Phi) is 4.50. The van der Waals surface area contributed by atoms with Crippen molar-refractivity contribution in [2.45, 2.75) is 75.7 Å². The highest BCUT2D eigenvalue weighted by Crippen LogP contribution is 2.60. The van der Waals surface area contributed by atoms with Crippen molar-refractivity contribution in [1.29, 1.82) is 0 Å². The maximum atomic E-state index is 13.0. The highest BCUT2D eigenvalue weighted by atomic mass is 16.6. The largest absolute Gasteiger partial charge is 0.370 e. The number of benzene rings is 1. The number of fused-ring (bicyclic) bond motifs is 3. The molecule has 4 aliphatic rings. The predicted molar refractivity (Wildman–Crippen MR) is 121 cm³/mol. The van der Waals surface area contributed by atoms with Gasteiger partial charge in [-0.1, -0.05) is 18.9 Å². The molecule has 1 aliphatic heterocycles. The Morgan fingerprint density at radius 3 is 2.87 bits per heavy atom. The summed E-state index contributed by atoms with van der Waals surface area (Å²) < 4.78 is 5.94. The minimum absolute atomic E-state index is 0.0371. The van der Waals surface area contributed by atoms with E-state index >= 15 is 0 Å². The minimum atomic E-state index is -0.0371. The third-order valence-electron chi connectivity index (χ3n) is 8.49. The zero-order valence-electron chi connectivity index (χ0n) is 18.5. The number of pyridine rings is 1. The van der Waals surface area contributed by atoms with Gasteiger partial charge in [0.25, 0.3) is 5.91 Å². The molecule has 2 aromatic rings. The number of hydrogen-bond donors (Lipinski definition) is 1. The Hall–Kier alpha value is -2.20. The first-order valence-electron chi connectivity index (χ1n) is 12.1. The lowest BCUT2D eigenvalue weighted by Crippen LogP contribution is -2.43. The van der Waals surface area contributed by atoms with Crippen LogP contribution < -0.4 is 5.32 Å². The Morgan fingerprint density at radius 1 is 1.23 bits per heavy atom. The standard InChI is InChI=1S/C27H32N2O2/c1-18-24(6-3-13-28-18)29-25(30)21-9-10-23-20(14-21)4-2-5-22-16-26(17-31-26)11-12-27(22,23)15-19-7-8-19/h3,6,9-10,13-14,19,22H,2,4-5,7-8,11-12,15-17H2,1H3,(H,29,30)/t22-,26+,27-/m0/s1. The van der Waals surface area contributed by atoms with Crippen LogP contribution in [0.2, 0.25) is 0 Å². The first-order valence-corrected chi connectivity index (χ1v) is 12.1. The third-order valence-corrected chi connectivity index (χ3v) is 8.49. The van der Waals surface area contributed by atoms with Crippen molar-refractivity contribution >= 4 is 11.6 Å². The van der Waals surface area contributed by atoms with Crippen LogP contribution in [0.5, 0.6) is 0 Å². The number of rotatable bonds is 4. The average Bonchev–Trinajstić information content (AvgIpc) is 3.69. The molecule has 3 atom stereocenters. The molecule has 2 heterocycles. The summed E-state index contributed by atoms with van der Waals surface area (Å²) in [4.78, 5) is 17.3. The molecule has 0 unspecified atom stereocenters. The summed E-state index contributed by atoms with van der Waals surface area (Å²) >= 11 is 0. The maximum absolute atomic E-state index is 13.0. The van der Waals surface area contributed by atoms with E-state index in [0.717, 1.165) is 41.8 Å². The normalized spacial score (nSPS) is 31.5. The second-order valence-electron chi connectivity index (χ2n) is 10.5. The van der Waals surface area contributed by atoms with Gasteiger partial charge in [-0.05, 0) is 105 Å². The molecule has 1 spiro atoms. The number of anilines is 1. The molecule has 2 saturated carbocycles. The molecule has 0 radical (unpaired) electrons. The number of aryl methyl sites for hydroxylation is 2. The molecule has 6 rings (SSSR count). The Bertz CT molecular complexity index is 1020.